The molecule has 0 saturated heterocycles. The van der Waals surface area contributed by atoms with Crippen LogP contribution in [0.15, 0.2) is 0 Å². The first-order valence-corrected chi connectivity index (χ1v) is 8.57. The smallest absolute Gasteiger partial charge is 0.0501 e. The molecule has 4 atom stereocenters. The Bertz CT molecular complexity index is 242. The van der Waals surface area contributed by atoms with Crippen LogP contribution in [0.5, 0.6) is 0 Å². The van der Waals surface area contributed by atoms with E-state index in [4.69, 9.17) is 5.73 Å². The molecule has 0 spiro atoms. The van der Waals surface area contributed by atoms with Crippen LogP contribution in [0.25, 0.3) is 0 Å². The van der Waals surface area contributed by atoms with Crippen LogP contribution in [-0.4, -0.2) is 21.3 Å². The molecule has 0 aromatic heterocycles. The van der Waals surface area contributed by atoms with Gasteiger partial charge >= 0.3 is 0 Å². The second-order valence-electron chi connectivity index (χ2n) is 5.81. The van der Waals surface area contributed by atoms with E-state index in [1.54, 1.807) is 0 Å². The third kappa shape index (κ3) is 4.70. The average Bonchev–Trinajstić information content (AvgIpc) is 2.29. The van der Waals surface area contributed by atoms with Crippen LogP contribution in [0, 0.1) is 11.8 Å². The van der Waals surface area contributed by atoms with Gasteiger partial charge in [-0.2, -0.15) is 0 Å². The standard InChI is InChI=1S/C14H29NOS/c1-4-5-6-9-17(16)14-10-12(11(2)3)7-8-13(14)15/h11-14H,4-10,15H2,1-3H3. The second-order valence-corrected chi connectivity index (χ2v) is 7.59. The van der Waals surface area contributed by atoms with Crippen molar-refractivity contribution in [1.82, 2.24) is 0 Å². The van der Waals surface area contributed by atoms with Gasteiger partial charge in [-0.25, -0.2) is 0 Å². The van der Waals surface area contributed by atoms with Crippen LogP contribution in [0.2, 0.25) is 0 Å². The summed E-state index contributed by atoms with van der Waals surface area (Å²) >= 11 is 0. The zero-order valence-electron chi connectivity index (χ0n) is 11.7. The van der Waals surface area contributed by atoms with Crippen LogP contribution in [0.4, 0.5) is 0 Å². The van der Waals surface area contributed by atoms with Crippen molar-refractivity contribution in [3.63, 3.8) is 0 Å². The fourth-order valence-electron chi connectivity index (χ4n) is 2.74. The molecule has 17 heavy (non-hydrogen) atoms. The summed E-state index contributed by atoms with van der Waals surface area (Å²) in [6, 6.07) is 0.174. The van der Waals surface area contributed by atoms with Gasteiger partial charge in [-0.15, -0.1) is 0 Å². The molecule has 0 radical (unpaired) electrons. The third-order valence-corrected chi connectivity index (χ3v) is 6.02. The zero-order chi connectivity index (χ0) is 12.8. The largest absolute Gasteiger partial charge is 0.327 e. The normalized spacial score (nSPS) is 31.7. The summed E-state index contributed by atoms with van der Waals surface area (Å²) in [6.45, 7) is 6.74. The summed E-state index contributed by atoms with van der Waals surface area (Å²) in [7, 11) is -0.700. The highest BCUT2D eigenvalue weighted by atomic mass is 32.2. The molecule has 1 fully saturated rings. The number of nitrogens with two attached hydrogens (primary N) is 1. The van der Waals surface area contributed by atoms with E-state index in [9.17, 15) is 4.21 Å². The molecule has 0 aromatic carbocycles. The molecule has 1 saturated carbocycles. The number of hydrogen-bond donors (Lipinski definition) is 1. The lowest BCUT2D eigenvalue weighted by Gasteiger charge is -2.35. The average molecular weight is 259 g/mol. The quantitative estimate of drug-likeness (QED) is 0.745. The lowest BCUT2D eigenvalue weighted by atomic mass is 9.79. The Hall–Kier alpha value is 0.110. The fraction of sp³-hybridized carbons (Fsp3) is 1.00. The SMILES string of the molecule is CCCCCS(=O)C1CC(C(C)C)CCC1N. The lowest BCUT2D eigenvalue weighted by molar-refractivity contribution is 0.263. The molecule has 0 bridgehead atoms. The van der Waals surface area contributed by atoms with Gasteiger partial charge in [-0.05, 0) is 37.5 Å². The molecule has 2 nitrogen and oxygen atoms in total. The van der Waals surface area contributed by atoms with Crippen molar-refractivity contribution in [3.8, 4) is 0 Å². The summed E-state index contributed by atoms with van der Waals surface area (Å²) < 4.78 is 12.3. The Kier molecular flexibility index (Phi) is 6.71. The lowest BCUT2D eigenvalue weighted by Crippen LogP contribution is -2.44. The first kappa shape index (κ1) is 15.2. The molecule has 102 valence electrons. The summed E-state index contributed by atoms with van der Waals surface area (Å²) in [4.78, 5) is 0. The summed E-state index contributed by atoms with van der Waals surface area (Å²) in [5, 5.41) is 0.257. The Balaban J connectivity index is 2.45. The maximum Gasteiger partial charge on any atom is 0.0501 e. The first-order chi connectivity index (χ1) is 8.06. The van der Waals surface area contributed by atoms with Gasteiger partial charge in [-0.1, -0.05) is 33.6 Å². The Morgan fingerprint density at radius 1 is 1.29 bits per heavy atom. The molecule has 0 amide bonds. The van der Waals surface area contributed by atoms with Gasteiger partial charge in [0, 0.05) is 22.6 Å². The highest BCUT2D eigenvalue weighted by Gasteiger charge is 2.32. The van der Waals surface area contributed by atoms with Crippen molar-refractivity contribution in [2.24, 2.45) is 17.6 Å². The Labute approximate surface area is 109 Å². The summed E-state index contributed by atoms with van der Waals surface area (Å²) in [6.07, 6.45) is 6.86. The van der Waals surface area contributed by atoms with Gasteiger partial charge in [-0.3, -0.25) is 4.21 Å². The van der Waals surface area contributed by atoms with Crippen molar-refractivity contribution in [3.05, 3.63) is 0 Å². The van der Waals surface area contributed by atoms with Crippen LogP contribution in [0.3, 0.4) is 0 Å². The first-order valence-electron chi connectivity index (χ1n) is 7.19. The van der Waals surface area contributed by atoms with E-state index in [1.165, 1.54) is 19.3 Å². The Morgan fingerprint density at radius 2 is 2.00 bits per heavy atom. The minimum absolute atomic E-state index is 0.174. The zero-order valence-corrected chi connectivity index (χ0v) is 12.5. The monoisotopic (exact) mass is 259 g/mol. The molecule has 1 aliphatic carbocycles. The summed E-state index contributed by atoms with van der Waals surface area (Å²) in [5.41, 5.74) is 6.15. The van der Waals surface area contributed by atoms with Crippen molar-refractivity contribution in [2.45, 2.75) is 70.6 Å². The van der Waals surface area contributed by atoms with Crippen LogP contribution >= 0.6 is 0 Å². The van der Waals surface area contributed by atoms with E-state index in [0.717, 1.165) is 30.9 Å². The summed E-state index contributed by atoms with van der Waals surface area (Å²) in [5.74, 6) is 2.30. The Morgan fingerprint density at radius 3 is 2.59 bits per heavy atom. The van der Waals surface area contributed by atoms with Gasteiger partial charge < -0.3 is 5.73 Å². The number of rotatable bonds is 6. The minimum Gasteiger partial charge on any atom is -0.327 e. The van der Waals surface area contributed by atoms with Crippen molar-refractivity contribution < 1.29 is 4.21 Å². The van der Waals surface area contributed by atoms with Crippen LogP contribution < -0.4 is 5.73 Å². The molecular formula is C14H29NOS. The molecule has 1 aliphatic rings. The molecule has 0 heterocycles. The molecule has 0 aromatic rings. The fourth-order valence-corrected chi connectivity index (χ4v) is 4.52. The van der Waals surface area contributed by atoms with E-state index in [2.05, 4.69) is 20.8 Å². The van der Waals surface area contributed by atoms with Gasteiger partial charge in [0.2, 0.25) is 0 Å². The highest BCUT2D eigenvalue weighted by molar-refractivity contribution is 7.85. The predicted molar refractivity (Wildman–Crippen MR) is 76.5 cm³/mol. The molecular weight excluding hydrogens is 230 g/mol. The minimum atomic E-state index is -0.700. The van der Waals surface area contributed by atoms with E-state index in [0.29, 0.717) is 5.92 Å². The van der Waals surface area contributed by atoms with Gasteiger partial charge in [0.25, 0.3) is 0 Å². The molecule has 3 heteroatoms. The number of unbranched alkanes of at least 4 members (excludes halogenated alkanes) is 2. The molecule has 1 rings (SSSR count). The second kappa shape index (κ2) is 7.52. The predicted octanol–water partition coefficient (Wildman–Crippen LogP) is 3.08. The van der Waals surface area contributed by atoms with Gasteiger partial charge in [0.1, 0.15) is 0 Å². The topological polar surface area (TPSA) is 43.1 Å². The van der Waals surface area contributed by atoms with Crippen molar-refractivity contribution in [2.75, 3.05) is 5.75 Å². The highest BCUT2D eigenvalue weighted by Crippen LogP contribution is 2.32. The van der Waals surface area contributed by atoms with E-state index < -0.39 is 10.8 Å². The van der Waals surface area contributed by atoms with E-state index >= 15 is 0 Å². The van der Waals surface area contributed by atoms with E-state index in [-0.39, 0.29) is 11.3 Å². The van der Waals surface area contributed by atoms with E-state index in [1.807, 2.05) is 0 Å². The third-order valence-electron chi connectivity index (χ3n) is 4.11. The van der Waals surface area contributed by atoms with Gasteiger partial charge in [0.05, 0.1) is 5.25 Å². The molecule has 2 N–H and O–H groups in total. The maximum absolute atomic E-state index is 12.3. The van der Waals surface area contributed by atoms with Crippen molar-refractivity contribution >= 4 is 10.8 Å². The van der Waals surface area contributed by atoms with Crippen molar-refractivity contribution in [1.29, 1.82) is 0 Å². The maximum atomic E-state index is 12.3. The van der Waals surface area contributed by atoms with Crippen LogP contribution in [-0.2, 0) is 10.8 Å². The molecule has 4 unspecified atom stereocenters. The van der Waals surface area contributed by atoms with Gasteiger partial charge in [0.15, 0.2) is 0 Å². The number of hydrogen-bond acceptors (Lipinski definition) is 2. The van der Waals surface area contributed by atoms with Crippen LogP contribution in [0.1, 0.15) is 59.3 Å². The molecule has 0 aliphatic heterocycles.